The molecule has 0 aliphatic rings. The number of para-hydroxylation sites is 2. The summed E-state index contributed by atoms with van der Waals surface area (Å²) in [6.45, 7) is 0. The van der Waals surface area contributed by atoms with Crippen molar-refractivity contribution >= 4 is 75.7 Å². The van der Waals surface area contributed by atoms with Gasteiger partial charge >= 0.3 is 0 Å². The van der Waals surface area contributed by atoms with Crippen molar-refractivity contribution in [1.29, 1.82) is 0 Å². The Morgan fingerprint density at radius 1 is 0.279 bits per heavy atom. The molecule has 1 nitrogen and oxygen atoms in total. The summed E-state index contributed by atoms with van der Waals surface area (Å²) in [4.78, 5) is 0. The zero-order valence-electron chi connectivity index (χ0n) is 23.4. The number of fused-ring (bicyclic) bond motifs is 9. The van der Waals surface area contributed by atoms with Crippen molar-refractivity contribution < 1.29 is 0 Å². The van der Waals surface area contributed by atoms with E-state index >= 15 is 0 Å². The van der Waals surface area contributed by atoms with Gasteiger partial charge in [0.2, 0.25) is 0 Å². The highest BCUT2D eigenvalue weighted by atomic mass is 15.0. The van der Waals surface area contributed by atoms with Crippen LogP contribution < -0.4 is 0 Å². The average Bonchev–Trinajstić information content (AvgIpc) is 3.42. The van der Waals surface area contributed by atoms with Crippen molar-refractivity contribution in [2.75, 3.05) is 0 Å². The maximum atomic E-state index is 2.42. The zero-order valence-corrected chi connectivity index (χ0v) is 23.4. The summed E-state index contributed by atoms with van der Waals surface area (Å²) in [5, 5.41) is 15.9. The first-order valence-corrected chi connectivity index (χ1v) is 15.0. The molecule has 10 aromatic rings. The monoisotopic (exact) mass is 543 g/mol. The molecule has 198 valence electrons. The summed E-state index contributed by atoms with van der Waals surface area (Å²) in [7, 11) is 0. The molecule has 0 atom stereocenters. The van der Waals surface area contributed by atoms with E-state index in [1.807, 2.05) is 0 Å². The van der Waals surface area contributed by atoms with E-state index < -0.39 is 0 Å². The fourth-order valence-electron chi connectivity index (χ4n) is 7.68. The van der Waals surface area contributed by atoms with Crippen molar-refractivity contribution in [1.82, 2.24) is 4.57 Å². The Bertz CT molecular complexity index is 2710. The molecule has 0 unspecified atom stereocenters. The van der Waals surface area contributed by atoms with Crippen LogP contribution in [0.1, 0.15) is 0 Å². The lowest BCUT2D eigenvalue weighted by molar-refractivity contribution is 1.18. The SMILES string of the molecule is c1ccc(-n2c3ccccc3c3cc(-c4ccc5c(c4)c4cccc6c7ccccc7c7cccc5c7c64)ccc32)cc1. The van der Waals surface area contributed by atoms with Crippen LogP contribution in [0.2, 0.25) is 0 Å². The quantitative estimate of drug-likeness (QED) is 0.151. The molecule has 0 saturated heterocycles. The second kappa shape index (κ2) is 8.44. The fraction of sp³-hybridized carbons (Fsp3) is 0. The van der Waals surface area contributed by atoms with Crippen LogP contribution in [-0.4, -0.2) is 4.57 Å². The minimum atomic E-state index is 1.18. The summed E-state index contributed by atoms with van der Waals surface area (Å²) in [6.07, 6.45) is 0. The normalized spacial score (nSPS) is 12.2. The van der Waals surface area contributed by atoms with Gasteiger partial charge in [0.15, 0.2) is 0 Å². The predicted octanol–water partition coefficient (Wildman–Crippen LogP) is 11.7. The molecule has 1 aromatic heterocycles. The zero-order chi connectivity index (χ0) is 28.1. The van der Waals surface area contributed by atoms with E-state index in [1.54, 1.807) is 0 Å². The summed E-state index contributed by atoms with van der Waals surface area (Å²) < 4.78 is 2.38. The fourth-order valence-corrected chi connectivity index (χ4v) is 7.68. The highest BCUT2D eigenvalue weighted by molar-refractivity contribution is 6.40. The summed E-state index contributed by atoms with van der Waals surface area (Å²) in [6, 6.07) is 55.9. The van der Waals surface area contributed by atoms with Gasteiger partial charge in [-0.25, -0.2) is 0 Å². The molecule has 10 rings (SSSR count). The number of aromatic nitrogens is 1. The molecule has 0 radical (unpaired) electrons. The Labute approximate surface area is 248 Å². The predicted molar refractivity (Wildman–Crippen MR) is 185 cm³/mol. The van der Waals surface area contributed by atoms with Gasteiger partial charge in [-0.05, 0) is 101 Å². The standard InChI is InChI=1S/C42H25N/c1-2-10-28(11-3-1)43-39-19-7-6-14-32(39)38-25-27(21-23-40(38)43)26-20-22-31-35-17-8-15-33-29-12-4-5-13-30(29)34-16-9-18-36(37(31)24-26)42(34)41(33)35/h1-25H. The summed E-state index contributed by atoms with van der Waals surface area (Å²) in [5.41, 5.74) is 6.12. The van der Waals surface area contributed by atoms with Crippen LogP contribution in [0.3, 0.4) is 0 Å². The molecule has 0 aliphatic heterocycles. The lowest BCUT2D eigenvalue weighted by atomic mass is 9.85. The minimum Gasteiger partial charge on any atom is -0.309 e. The van der Waals surface area contributed by atoms with Crippen LogP contribution in [0, 0.1) is 0 Å². The highest BCUT2D eigenvalue weighted by Crippen LogP contribution is 2.45. The first-order valence-electron chi connectivity index (χ1n) is 15.0. The van der Waals surface area contributed by atoms with Gasteiger partial charge in [0.05, 0.1) is 11.0 Å². The first kappa shape index (κ1) is 23.0. The van der Waals surface area contributed by atoms with Crippen molar-refractivity contribution in [3.05, 3.63) is 152 Å². The Kier molecular flexibility index (Phi) is 4.51. The van der Waals surface area contributed by atoms with Gasteiger partial charge in [-0.2, -0.15) is 0 Å². The molecule has 0 fully saturated rings. The Balaban J connectivity index is 1.27. The largest absolute Gasteiger partial charge is 0.309 e. The van der Waals surface area contributed by atoms with E-state index in [1.165, 1.54) is 92.5 Å². The molecule has 0 saturated carbocycles. The molecule has 43 heavy (non-hydrogen) atoms. The third kappa shape index (κ3) is 3.06. The van der Waals surface area contributed by atoms with Crippen LogP contribution in [0.4, 0.5) is 0 Å². The van der Waals surface area contributed by atoms with Gasteiger partial charge in [0, 0.05) is 16.5 Å². The van der Waals surface area contributed by atoms with Crippen molar-refractivity contribution in [2.24, 2.45) is 0 Å². The van der Waals surface area contributed by atoms with E-state index in [0.717, 1.165) is 0 Å². The molecule has 0 aliphatic carbocycles. The number of nitrogens with zero attached hydrogens (tertiary/aromatic N) is 1. The van der Waals surface area contributed by atoms with Gasteiger partial charge in [-0.3, -0.25) is 0 Å². The van der Waals surface area contributed by atoms with Crippen LogP contribution >= 0.6 is 0 Å². The highest BCUT2D eigenvalue weighted by Gasteiger charge is 2.18. The summed E-state index contributed by atoms with van der Waals surface area (Å²) in [5.74, 6) is 0. The molecular weight excluding hydrogens is 518 g/mol. The maximum Gasteiger partial charge on any atom is 0.0541 e. The maximum absolute atomic E-state index is 2.42. The van der Waals surface area contributed by atoms with E-state index in [-0.39, 0.29) is 0 Å². The molecule has 0 bridgehead atoms. The van der Waals surface area contributed by atoms with Crippen LogP contribution in [0.5, 0.6) is 0 Å². The number of hydrogen-bond acceptors (Lipinski definition) is 0. The van der Waals surface area contributed by atoms with Crippen LogP contribution in [0.25, 0.3) is 92.5 Å². The Morgan fingerprint density at radius 3 is 1.42 bits per heavy atom. The number of benzene rings is 9. The molecular formula is C42H25N. The van der Waals surface area contributed by atoms with Crippen molar-refractivity contribution in [3.8, 4) is 16.8 Å². The Hall–Kier alpha value is -5.66. The van der Waals surface area contributed by atoms with E-state index in [9.17, 15) is 0 Å². The molecule has 1 heterocycles. The topological polar surface area (TPSA) is 4.93 Å². The van der Waals surface area contributed by atoms with Gasteiger partial charge in [0.1, 0.15) is 0 Å². The molecule has 9 aromatic carbocycles. The van der Waals surface area contributed by atoms with Gasteiger partial charge in [-0.1, -0.05) is 115 Å². The second-order valence-electron chi connectivity index (χ2n) is 11.7. The third-order valence-electron chi connectivity index (χ3n) is 9.51. The molecule has 0 spiro atoms. The van der Waals surface area contributed by atoms with Crippen molar-refractivity contribution in [2.45, 2.75) is 0 Å². The van der Waals surface area contributed by atoms with Gasteiger partial charge in [0.25, 0.3) is 0 Å². The molecule has 1 heteroatoms. The van der Waals surface area contributed by atoms with Crippen LogP contribution in [-0.2, 0) is 0 Å². The van der Waals surface area contributed by atoms with Gasteiger partial charge in [-0.15, -0.1) is 0 Å². The minimum absolute atomic E-state index is 1.18. The lowest BCUT2D eigenvalue weighted by Gasteiger charge is -2.18. The van der Waals surface area contributed by atoms with Crippen LogP contribution in [0.15, 0.2) is 152 Å². The van der Waals surface area contributed by atoms with Gasteiger partial charge < -0.3 is 4.57 Å². The second-order valence-corrected chi connectivity index (χ2v) is 11.7. The molecule has 0 amide bonds. The van der Waals surface area contributed by atoms with E-state index in [0.29, 0.717) is 0 Å². The van der Waals surface area contributed by atoms with E-state index in [2.05, 4.69) is 156 Å². The first-order chi connectivity index (χ1) is 21.3. The third-order valence-corrected chi connectivity index (χ3v) is 9.51. The smallest absolute Gasteiger partial charge is 0.0541 e. The summed E-state index contributed by atoms with van der Waals surface area (Å²) >= 11 is 0. The van der Waals surface area contributed by atoms with E-state index in [4.69, 9.17) is 0 Å². The molecule has 0 N–H and O–H groups in total. The Morgan fingerprint density at radius 2 is 0.744 bits per heavy atom. The average molecular weight is 544 g/mol. The number of rotatable bonds is 2. The number of hydrogen-bond donors (Lipinski definition) is 0. The van der Waals surface area contributed by atoms with Crippen molar-refractivity contribution in [3.63, 3.8) is 0 Å². The lowest BCUT2D eigenvalue weighted by Crippen LogP contribution is -1.92.